The fourth-order valence-electron chi connectivity index (χ4n) is 3.29. The predicted molar refractivity (Wildman–Crippen MR) is 116 cm³/mol. The zero-order valence-electron chi connectivity index (χ0n) is 17.5. The Bertz CT molecular complexity index is 913. The predicted octanol–water partition coefficient (Wildman–Crippen LogP) is 4.87. The standard InChI is InChI=1S/C24H28N2O3/c1-18(19-10-6-5-7-11-19)16-22(27)26-15-14-25(23(28)29-24(2,3)4)17-20-12-8-9-13-21(20)26/h5-13,16H,14-15,17H2,1-4H3/b18-16-. The summed E-state index contributed by atoms with van der Waals surface area (Å²) in [5.74, 6) is -0.0927. The van der Waals surface area contributed by atoms with E-state index in [1.54, 1.807) is 15.9 Å². The highest BCUT2D eigenvalue weighted by molar-refractivity contribution is 6.06. The maximum absolute atomic E-state index is 13.1. The van der Waals surface area contributed by atoms with Crippen LogP contribution in [0.2, 0.25) is 0 Å². The molecule has 0 saturated heterocycles. The van der Waals surface area contributed by atoms with Crippen LogP contribution in [0.15, 0.2) is 60.7 Å². The fraction of sp³-hybridized carbons (Fsp3) is 0.333. The van der Waals surface area contributed by atoms with Crippen LogP contribution < -0.4 is 4.90 Å². The Labute approximate surface area is 172 Å². The van der Waals surface area contributed by atoms with E-state index < -0.39 is 5.60 Å². The van der Waals surface area contributed by atoms with Crippen LogP contribution in [0.3, 0.4) is 0 Å². The number of nitrogens with zero attached hydrogens (tertiary/aromatic N) is 2. The summed E-state index contributed by atoms with van der Waals surface area (Å²) >= 11 is 0. The minimum atomic E-state index is -0.562. The van der Waals surface area contributed by atoms with Crippen molar-refractivity contribution in [3.8, 4) is 0 Å². The van der Waals surface area contributed by atoms with E-state index in [-0.39, 0.29) is 12.0 Å². The Hall–Kier alpha value is -3.08. The van der Waals surface area contributed by atoms with Gasteiger partial charge in [0.2, 0.25) is 0 Å². The maximum atomic E-state index is 13.1. The van der Waals surface area contributed by atoms with Crippen LogP contribution in [0.25, 0.3) is 5.57 Å². The van der Waals surface area contributed by atoms with Crippen LogP contribution in [-0.2, 0) is 16.1 Å². The number of hydrogen-bond acceptors (Lipinski definition) is 3. The van der Waals surface area contributed by atoms with Gasteiger partial charge in [0.15, 0.2) is 0 Å². The van der Waals surface area contributed by atoms with Crippen molar-refractivity contribution in [1.29, 1.82) is 0 Å². The van der Waals surface area contributed by atoms with Gasteiger partial charge < -0.3 is 14.5 Å². The van der Waals surface area contributed by atoms with Crippen LogP contribution in [0, 0.1) is 0 Å². The second-order valence-electron chi connectivity index (χ2n) is 8.21. The number of carbonyl (C=O) groups excluding carboxylic acids is 2. The molecule has 0 radical (unpaired) electrons. The zero-order valence-corrected chi connectivity index (χ0v) is 17.5. The number of allylic oxidation sites excluding steroid dienone is 1. The van der Waals surface area contributed by atoms with E-state index in [1.807, 2.05) is 82.3 Å². The number of anilines is 1. The number of rotatable bonds is 2. The van der Waals surface area contributed by atoms with E-state index in [9.17, 15) is 9.59 Å². The summed E-state index contributed by atoms with van der Waals surface area (Å²) in [6.45, 7) is 8.72. The van der Waals surface area contributed by atoms with Crippen molar-refractivity contribution in [3.05, 3.63) is 71.8 Å². The maximum Gasteiger partial charge on any atom is 0.410 e. The fourth-order valence-corrected chi connectivity index (χ4v) is 3.29. The van der Waals surface area contributed by atoms with E-state index in [0.717, 1.165) is 22.4 Å². The molecular formula is C24H28N2O3. The molecule has 152 valence electrons. The van der Waals surface area contributed by atoms with Gasteiger partial charge in [0, 0.05) is 24.9 Å². The lowest BCUT2D eigenvalue weighted by Gasteiger charge is -2.26. The first-order valence-electron chi connectivity index (χ1n) is 9.85. The zero-order chi connectivity index (χ0) is 21.0. The smallest absolute Gasteiger partial charge is 0.410 e. The molecule has 3 rings (SSSR count). The normalized spacial score (nSPS) is 14.8. The molecule has 0 atom stereocenters. The molecule has 29 heavy (non-hydrogen) atoms. The quantitative estimate of drug-likeness (QED) is 0.685. The molecular weight excluding hydrogens is 364 g/mol. The van der Waals surface area contributed by atoms with Gasteiger partial charge in [0.1, 0.15) is 5.60 Å². The molecule has 1 aliphatic rings. The van der Waals surface area contributed by atoms with Gasteiger partial charge >= 0.3 is 6.09 Å². The van der Waals surface area contributed by atoms with E-state index >= 15 is 0 Å². The van der Waals surface area contributed by atoms with E-state index in [1.165, 1.54) is 0 Å². The molecule has 1 aliphatic heterocycles. The summed E-state index contributed by atoms with van der Waals surface area (Å²) in [5, 5.41) is 0. The Balaban J connectivity index is 1.85. The van der Waals surface area contributed by atoms with Gasteiger partial charge in [-0.05, 0) is 50.5 Å². The van der Waals surface area contributed by atoms with Crippen LogP contribution >= 0.6 is 0 Å². The summed E-state index contributed by atoms with van der Waals surface area (Å²) in [7, 11) is 0. The molecule has 2 amide bonds. The van der Waals surface area contributed by atoms with Crippen molar-refractivity contribution in [2.45, 2.75) is 39.8 Å². The van der Waals surface area contributed by atoms with Crippen molar-refractivity contribution >= 4 is 23.3 Å². The van der Waals surface area contributed by atoms with Gasteiger partial charge in [-0.25, -0.2) is 4.79 Å². The first-order chi connectivity index (χ1) is 13.7. The minimum Gasteiger partial charge on any atom is -0.444 e. The lowest BCUT2D eigenvalue weighted by molar-refractivity contribution is -0.114. The molecule has 0 bridgehead atoms. The molecule has 5 nitrogen and oxygen atoms in total. The van der Waals surface area contributed by atoms with E-state index in [0.29, 0.717) is 19.6 Å². The highest BCUT2D eigenvalue weighted by Crippen LogP contribution is 2.27. The molecule has 0 spiro atoms. The van der Waals surface area contributed by atoms with Crippen LogP contribution in [0.1, 0.15) is 38.8 Å². The van der Waals surface area contributed by atoms with Gasteiger partial charge in [-0.15, -0.1) is 0 Å². The first-order valence-corrected chi connectivity index (χ1v) is 9.85. The second-order valence-corrected chi connectivity index (χ2v) is 8.21. The van der Waals surface area contributed by atoms with Crippen LogP contribution in [0.5, 0.6) is 0 Å². The number of fused-ring (bicyclic) bond motifs is 1. The second kappa shape index (κ2) is 8.52. The number of ether oxygens (including phenoxy) is 1. The number of benzene rings is 2. The van der Waals surface area contributed by atoms with Crippen molar-refractivity contribution < 1.29 is 14.3 Å². The average Bonchev–Trinajstić information content (AvgIpc) is 2.87. The summed E-state index contributed by atoms with van der Waals surface area (Å²) in [5.41, 5.74) is 3.12. The van der Waals surface area contributed by atoms with E-state index in [4.69, 9.17) is 4.74 Å². The third-order valence-electron chi connectivity index (χ3n) is 4.72. The van der Waals surface area contributed by atoms with Gasteiger partial charge in [-0.1, -0.05) is 48.5 Å². The number of carbonyl (C=O) groups is 2. The lowest BCUT2D eigenvalue weighted by Crippen LogP contribution is -2.40. The lowest BCUT2D eigenvalue weighted by atomic mass is 10.1. The van der Waals surface area contributed by atoms with Crippen LogP contribution in [0.4, 0.5) is 10.5 Å². The SMILES string of the molecule is C/C(=C/C(=O)N1CCN(C(=O)OC(C)(C)C)Cc2ccccc21)c1ccccc1. The molecule has 0 aromatic heterocycles. The molecule has 0 N–H and O–H groups in total. The van der Waals surface area contributed by atoms with Gasteiger partial charge in [0.05, 0.1) is 6.54 Å². The third kappa shape index (κ3) is 5.25. The number of amides is 2. The number of para-hydroxylation sites is 1. The van der Waals surface area contributed by atoms with Gasteiger partial charge in [0.25, 0.3) is 5.91 Å². The Morgan fingerprint density at radius 3 is 2.31 bits per heavy atom. The summed E-state index contributed by atoms with van der Waals surface area (Å²) in [6.07, 6.45) is 1.30. The van der Waals surface area contributed by atoms with Gasteiger partial charge in [-0.2, -0.15) is 0 Å². The topological polar surface area (TPSA) is 49.9 Å². The van der Waals surface area contributed by atoms with Crippen molar-refractivity contribution in [3.63, 3.8) is 0 Å². The van der Waals surface area contributed by atoms with Crippen LogP contribution in [-0.4, -0.2) is 35.6 Å². The Kier molecular flexibility index (Phi) is 6.06. The molecule has 0 saturated carbocycles. The Morgan fingerprint density at radius 1 is 0.966 bits per heavy atom. The largest absolute Gasteiger partial charge is 0.444 e. The molecule has 2 aromatic carbocycles. The first kappa shape index (κ1) is 20.6. The highest BCUT2D eigenvalue weighted by Gasteiger charge is 2.28. The van der Waals surface area contributed by atoms with Crippen molar-refractivity contribution in [1.82, 2.24) is 4.90 Å². The molecule has 0 unspecified atom stereocenters. The van der Waals surface area contributed by atoms with Gasteiger partial charge in [-0.3, -0.25) is 4.79 Å². The minimum absolute atomic E-state index is 0.0927. The highest BCUT2D eigenvalue weighted by atomic mass is 16.6. The Morgan fingerprint density at radius 2 is 1.62 bits per heavy atom. The monoisotopic (exact) mass is 392 g/mol. The molecule has 1 heterocycles. The summed E-state index contributed by atoms with van der Waals surface area (Å²) in [6, 6.07) is 17.5. The molecule has 5 heteroatoms. The summed E-state index contributed by atoms with van der Waals surface area (Å²) in [4.78, 5) is 29.1. The van der Waals surface area contributed by atoms with E-state index in [2.05, 4.69) is 0 Å². The summed E-state index contributed by atoms with van der Waals surface area (Å²) < 4.78 is 5.54. The molecule has 2 aromatic rings. The number of hydrogen-bond donors (Lipinski definition) is 0. The van der Waals surface area contributed by atoms with Crippen molar-refractivity contribution in [2.75, 3.05) is 18.0 Å². The third-order valence-corrected chi connectivity index (χ3v) is 4.72. The molecule has 0 fully saturated rings. The van der Waals surface area contributed by atoms with Crippen molar-refractivity contribution in [2.24, 2.45) is 0 Å². The average molecular weight is 392 g/mol. The molecule has 0 aliphatic carbocycles.